The van der Waals surface area contributed by atoms with E-state index in [0.717, 1.165) is 0 Å². The average Bonchev–Trinajstić information content (AvgIpc) is 2.45. The Bertz CT molecular complexity index is 408. The van der Waals surface area contributed by atoms with Crippen LogP contribution in [-0.2, 0) is 4.79 Å². The van der Waals surface area contributed by atoms with Gasteiger partial charge in [-0.3, -0.25) is 4.79 Å². The first-order valence-corrected chi connectivity index (χ1v) is 4.99. The number of anilines is 2. The molecule has 80 valence electrons. The Balaban J connectivity index is 2.34. The predicted octanol–water partition coefficient (Wildman–Crippen LogP) is 1.02. The van der Waals surface area contributed by atoms with Crippen LogP contribution in [0.4, 0.5) is 11.4 Å². The second kappa shape index (κ2) is 3.72. The van der Waals surface area contributed by atoms with Crippen molar-refractivity contribution in [3.05, 3.63) is 23.2 Å². The van der Waals surface area contributed by atoms with Crippen molar-refractivity contribution < 1.29 is 9.90 Å². The van der Waals surface area contributed by atoms with Gasteiger partial charge in [-0.25, -0.2) is 0 Å². The fraction of sp³-hybridized carbons (Fsp3) is 0.300. The number of nitrogens with two attached hydrogens (primary N) is 1. The van der Waals surface area contributed by atoms with Gasteiger partial charge in [0, 0.05) is 5.02 Å². The van der Waals surface area contributed by atoms with Gasteiger partial charge < -0.3 is 15.7 Å². The molecule has 1 aromatic rings. The van der Waals surface area contributed by atoms with Gasteiger partial charge in [-0.1, -0.05) is 11.6 Å². The normalized spacial score (nSPS) is 21.1. The minimum Gasteiger partial charge on any atom is -0.397 e. The second-order valence-corrected chi connectivity index (χ2v) is 4.00. The maximum atomic E-state index is 11.5. The molecule has 1 aromatic carbocycles. The zero-order chi connectivity index (χ0) is 11.0. The third kappa shape index (κ3) is 1.91. The molecule has 15 heavy (non-hydrogen) atoms. The maximum absolute atomic E-state index is 11.5. The van der Waals surface area contributed by atoms with Crippen LogP contribution in [0.25, 0.3) is 0 Å². The minimum atomic E-state index is -0.604. The van der Waals surface area contributed by atoms with E-state index < -0.39 is 6.10 Å². The molecule has 0 saturated carbocycles. The molecule has 2 rings (SSSR count). The molecule has 1 aliphatic rings. The van der Waals surface area contributed by atoms with Crippen molar-refractivity contribution >= 4 is 28.9 Å². The molecule has 3 N–H and O–H groups in total. The number of carbonyl (C=O) groups is 1. The molecule has 1 fully saturated rings. The third-order valence-electron chi connectivity index (χ3n) is 2.38. The van der Waals surface area contributed by atoms with Crippen molar-refractivity contribution in [2.24, 2.45) is 0 Å². The Hall–Kier alpha value is -1.26. The van der Waals surface area contributed by atoms with Gasteiger partial charge in [-0.15, -0.1) is 0 Å². The van der Waals surface area contributed by atoms with E-state index >= 15 is 0 Å². The molecule has 5 heteroatoms. The maximum Gasteiger partial charge on any atom is 0.229 e. The highest BCUT2D eigenvalue weighted by atomic mass is 35.5. The third-order valence-corrected chi connectivity index (χ3v) is 2.62. The number of aliphatic hydroxyl groups is 1. The second-order valence-electron chi connectivity index (χ2n) is 3.57. The van der Waals surface area contributed by atoms with Crippen molar-refractivity contribution in [3.8, 4) is 0 Å². The van der Waals surface area contributed by atoms with Crippen LogP contribution in [0.3, 0.4) is 0 Å². The van der Waals surface area contributed by atoms with E-state index in [0.29, 0.717) is 22.9 Å². The number of halogens is 1. The van der Waals surface area contributed by atoms with E-state index in [9.17, 15) is 9.90 Å². The number of rotatable bonds is 1. The van der Waals surface area contributed by atoms with Crippen LogP contribution in [0.1, 0.15) is 6.42 Å². The first-order chi connectivity index (χ1) is 7.08. The summed E-state index contributed by atoms with van der Waals surface area (Å²) in [5, 5.41) is 9.88. The van der Waals surface area contributed by atoms with Gasteiger partial charge in [0.05, 0.1) is 30.4 Å². The summed E-state index contributed by atoms with van der Waals surface area (Å²) >= 11 is 5.76. The summed E-state index contributed by atoms with van der Waals surface area (Å²) in [6.07, 6.45) is -0.449. The molecule has 0 aromatic heterocycles. The first-order valence-electron chi connectivity index (χ1n) is 4.61. The molecule has 1 atom stereocenters. The van der Waals surface area contributed by atoms with Gasteiger partial charge in [0.15, 0.2) is 0 Å². The van der Waals surface area contributed by atoms with Gasteiger partial charge in [0.2, 0.25) is 5.91 Å². The molecule has 0 spiro atoms. The fourth-order valence-electron chi connectivity index (χ4n) is 1.69. The van der Waals surface area contributed by atoms with Crippen molar-refractivity contribution in [3.63, 3.8) is 0 Å². The number of hydrogen-bond acceptors (Lipinski definition) is 3. The van der Waals surface area contributed by atoms with Crippen LogP contribution in [0.5, 0.6) is 0 Å². The average molecular weight is 227 g/mol. The standard InChI is InChI=1S/C10H11ClN2O2/c11-6-1-2-9(8(12)3-6)13-5-7(14)4-10(13)15/h1-3,7,14H,4-5,12H2. The van der Waals surface area contributed by atoms with Gasteiger partial charge in [0.25, 0.3) is 0 Å². The van der Waals surface area contributed by atoms with Crippen LogP contribution in [-0.4, -0.2) is 23.7 Å². The molecule has 4 nitrogen and oxygen atoms in total. The van der Waals surface area contributed by atoms with Crippen LogP contribution >= 0.6 is 11.6 Å². The summed E-state index contributed by atoms with van der Waals surface area (Å²) in [5.41, 5.74) is 6.81. The lowest BCUT2D eigenvalue weighted by Crippen LogP contribution is -2.26. The molecular weight excluding hydrogens is 216 g/mol. The number of hydrogen-bond donors (Lipinski definition) is 2. The Morgan fingerprint density at radius 3 is 2.80 bits per heavy atom. The van der Waals surface area contributed by atoms with Crippen molar-refractivity contribution in [1.29, 1.82) is 0 Å². The van der Waals surface area contributed by atoms with E-state index in [1.807, 2.05) is 0 Å². The Morgan fingerprint density at radius 2 is 2.27 bits per heavy atom. The molecule has 0 radical (unpaired) electrons. The summed E-state index contributed by atoms with van der Waals surface area (Å²) in [4.78, 5) is 13.0. The summed E-state index contributed by atoms with van der Waals surface area (Å²) < 4.78 is 0. The lowest BCUT2D eigenvalue weighted by atomic mass is 10.2. The molecule has 1 saturated heterocycles. The van der Waals surface area contributed by atoms with Gasteiger partial charge in [-0.05, 0) is 18.2 Å². The number of nitrogen functional groups attached to an aromatic ring is 1. The summed E-state index contributed by atoms with van der Waals surface area (Å²) in [7, 11) is 0. The highest BCUT2D eigenvalue weighted by Crippen LogP contribution is 2.29. The van der Waals surface area contributed by atoms with E-state index in [4.69, 9.17) is 17.3 Å². The number of β-amino-alcohol motifs (C(OH)–C–C–N with tert-alkyl or cyclic N) is 1. The van der Waals surface area contributed by atoms with Gasteiger partial charge in [-0.2, -0.15) is 0 Å². The SMILES string of the molecule is Nc1cc(Cl)ccc1N1CC(O)CC1=O. The number of nitrogens with zero attached hydrogens (tertiary/aromatic N) is 1. The largest absolute Gasteiger partial charge is 0.397 e. The predicted molar refractivity (Wildman–Crippen MR) is 58.8 cm³/mol. The van der Waals surface area contributed by atoms with Crippen LogP contribution in [0.15, 0.2) is 18.2 Å². The lowest BCUT2D eigenvalue weighted by molar-refractivity contribution is -0.117. The molecule has 1 aliphatic heterocycles. The smallest absolute Gasteiger partial charge is 0.229 e. The van der Waals surface area contributed by atoms with Crippen molar-refractivity contribution in [2.45, 2.75) is 12.5 Å². The number of aliphatic hydroxyl groups excluding tert-OH is 1. The zero-order valence-corrected chi connectivity index (χ0v) is 8.74. The summed E-state index contributed by atoms with van der Waals surface area (Å²) in [6, 6.07) is 4.95. The Morgan fingerprint density at radius 1 is 1.53 bits per heavy atom. The molecular formula is C10H11ClN2O2. The molecule has 0 aliphatic carbocycles. The first kappa shape index (κ1) is 10.3. The van der Waals surface area contributed by atoms with Crippen LogP contribution in [0.2, 0.25) is 5.02 Å². The molecule has 0 bridgehead atoms. The number of carbonyl (C=O) groups excluding carboxylic acids is 1. The molecule has 1 heterocycles. The van der Waals surface area contributed by atoms with E-state index in [2.05, 4.69) is 0 Å². The van der Waals surface area contributed by atoms with E-state index in [1.165, 1.54) is 4.90 Å². The zero-order valence-electron chi connectivity index (χ0n) is 7.98. The van der Waals surface area contributed by atoms with Crippen LogP contribution < -0.4 is 10.6 Å². The number of benzene rings is 1. The lowest BCUT2D eigenvalue weighted by Gasteiger charge is -2.17. The molecule has 1 unspecified atom stereocenters. The van der Waals surface area contributed by atoms with Gasteiger partial charge >= 0.3 is 0 Å². The van der Waals surface area contributed by atoms with E-state index in [1.54, 1.807) is 18.2 Å². The monoisotopic (exact) mass is 226 g/mol. The Kier molecular flexibility index (Phi) is 2.54. The summed E-state index contributed by atoms with van der Waals surface area (Å²) in [6.45, 7) is 0.296. The fourth-order valence-corrected chi connectivity index (χ4v) is 1.87. The van der Waals surface area contributed by atoms with E-state index in [-0.39, 0.29) is 12.3 Å². The highest BCUT2D eigenvalue weighted by Gasteiger charge is 2.29. The highest BCUT2D eigenvalue weighted by molar-refractivity contribution is 6.31. The minimum absolute atomic E-state index is 0.114. The molecule has 1 amide bonds. The quantitative estimate of drug-likeness (QED) is 0.703. The number of amides is 1. The van der Waals surface area contributed by atoms with Crippen molar-refractivity contribution in [2.75, 3.05) is 17.2 Å². The summed E-state index contributed by atoms with van der Waals surface area (Å²) in [5.74, 6) is -0.114. The van der Waals surface area contributed by atoms with Gasteiger partial charge in [0.1, 0.15) is 0 Å². The van der Waals surface area contributed by atoms with Crippen molar-refractivity contribution in [1.82, 2.24) is 0 Å². The van der Waals surface area contributed by atoms with Crippen LogP contribution in [0, 0.1) is 0 Å². The Labute approximate surface area is 92.2 Å². The topological polar surface area (TPSA) is 66.6 Å².